The molecule has 2 amide bonds. The van der Waals surface area contributed by atoms with Crippen LogP contribution in [0, 0.1) is 12.8 Å². The Kier molecular flexibility index (Phi) is 11.9. The molecule has 4 aromatic rings. The number of carbonyl (C=O) groups is 2. The summed E-state index contributed by atoms with van der Waals surface area (Å²) in [5.74, 6) is -1.17. The number of nitrogens with one attached hydrogen (secondary N) is 1. The Morgan fingerprint density at radius 3 is 2.04 bits per heavy atom. The largest absolute Gasteiger partial charge is 0.416 e. The Balaban J connectivity index is 1.86. The first kappa shape index (κ1) is 36.5. The Hall–Kier alpha value is -4.35. The van der Waals surface area contributed by atoms with Crippen molar-refractivity contribution in [3.63, 3.8) is 0 Å². The molecule has 0 saturated carbocycles. The van der Waals surface area contributed by atoms with Gasteiger partial charge in [-0.2, -0.15) is 13.2 Å². The van der Waals surface area contributed by atoms with Crippen molar-refractivity contribution in [2.24, 2.45) is 5.92 Å². The zero-order valence-corrected chi connectivity index (χ0v) is 28.3. The summed E-state index contributed by atoms with van der Waals surface area (Å²) in [6.07, 6.45) is -4.73. The van der Waals surface area contributed by atoms with Crippen molar-refractivity contribution in [2.75, 3.05) is 17.4 Å². The van der Waals surface area contributed by atoms with E-state index in [1.54, 1.807) is 30.3 Å². The lowest BCUT2D eigenvalue weighted by molar-refractivity contribution is -0.140. The summed E-state index contributed by atoms with van der Waals surface area (Å²) >= 11 is 6.37. The third-order valence-electron chi connectivity index (χ3n) is 7.58. The van der Waals surface area contributed by atoms with E-state index in [0.29, 0.717) is 22.5 Å². The fraction of sp³-hybridized carbons (Fsp3) is 0.278. The van der Waals surface area contributed by atoms with Gasteiger partial charge in [0, 0.05) is 19.5 Å². The quantitative estimate of drug-likeness (QED) is 0.159. The topological polar surface area (TPSA) is 86.8 Å². The third-order valence-corrected chi connectivity index (χ3v) is 9.67. The lowest BCUT2D eigenvalue weighted by Crippen LogP contribution is -2.53. The number of rotatable bonds is 13. The molecule has 0 saturated heterocycles. The molecule has 48 heavy (non-hydrogen) atoms. The number of sulfonamides is 1. The van der Waals surface area contributed by atoms with Gasteiger partial charge in [-0.1, -0.05) is 104 Å². The molecular formula is C36H37ClF3N3O4S. The molecule has 12 heteroatoms. The van der Waals surface area contributed by atoms with Gasteiger partial charge in [0.2, 0.25) is 11.8 Å². The van der Waals surface area contributed by atoms with Crippen LogP contribution in [0.2, 0.25) is 5.02 Å². The number of halogens is 4. The fourth-order valence-electron chi connectivity index (χ4n) is 4.98. The first-order chi connectivity index (χ1) is 22.7. The number of carbonyl (C=O) groups excluding carboxylic acids is 2. The van der Waals surface area contributed by atoms with Crippen LogP contribution < -0.4 is 9.62 Å². The first-order valence-corrected chi connectivity index (χ1v) is 17.1. The number of anilines is 1. The second-order valence-corrected chi connectivity index (χ2v) is 14.1. The molecule has 0 aliphatic rings. The van der Waals surface area contributed by atoms with Crippen LogP contribution in [0.5, 0.6) is 0 Å². The maximum Gasteiger partial charge on any atom is 0.416 e. The van der Waals surface area contributed by atoms with E-state index in [9.17, 15) is 31.2 Å². The highest BCUT2D eigenvalue weighted by atomic mass is 35.5. The van der Waals surface area contributed by atoms with E-state index in [1.165, 1.54) is 29.2 Å². The van der Waals surface area contributed by atoms with E-state index in [-0.39, 0.29) is 28.8 Å². The molecule has 7 nitrogen and oxygen atoms in total. The molecule has 0 bridgehead atoms. The van der Waals surface area contributed by atoms with E-state index in [1.807, 2.05) is 51.1 Å². The second kappa shape index (κ2) is 15.7. The molecular weight excluding hydrogens is 663 g/mol. The van der Waals surface area contributed by atoms with Crippen molar-refractivity contribution in [1.29, 1.82) is 0 Å². The van der Waals surface area contributed by atoms with Crippen LogP contribution in [-0.4, -0.2) is 44.3 Å². The predicted octanol–water partition coefficient (Wildman–Crippen LogP) is 7.27. The van der Waals surface area contributed by atoms with Gasteiger partial charge in [-0.15, -0.1) is 0 Å². The SMILES string of the molecule is Cc1ccc(CN(C(=O)CN(c2cc(C(F)(F)F)ccc2Cl)S(=O)(=O)c2ccccc2)C(Cc2ccccc2)C(=O)NCC(C)C)cc1. The molecule has 0 aliphatic carbocycles. The van der Waals surface area contributed by atoms with Crippen LogP contribution in [0.15, 0.2) is 108 Å². The van der Waals surface area contributed by atoms with Crippen LogP contribution in [0.3, 0.4) is 0 Å². The standard InChI is InChI=1S/C36H37ClF3N3O4S/c1-25(2)22-41-35(45)33(20-27-10-6-4-7-11-27)42(23-28-16-14-26(3)15-17-28)34(44)24-43(48(46,47)30-12-8-5-9-13-30)32-21-29(36(38,39)40)18-19-31(32)37/h4-19,21,25,33H,20,22-24H2,1-3H3,(H,41,45). The number of nitrogens with zero attached hydrogens (tertiary/aromatic N) is 2. The normalized spacial score (nSPS) is 12.4. The summed E-state index contributed by atoms with van der Waals surface area (Å²) in [6.45, 7) is 5.05. The molecule has 0 aliphatic heterocycles. The van der Waals surface area contributed by atoms with Gasteiger partial charge >= 0.3 is 6.18 Å². The van der Waals surface area contributed by atoms with Gasteiger partial charge in [0.05, 0.1) is 21.2 Å². The summed E-state index contributed by atoms with van der Waals surface area (Å²) in [6, 6.07) is 24.6. The van der Waals surface area contributed by atoms with Gasteiger partial charge < -0.3 is 10.2 Å². The molecule has 1 unspecified atom stereocenters. The number of alkyl halides is 3. The maximum atomic E-state index is 14.5. The molecule has 0 aromatic heterocycles. The molecule has 1 N–H and O–H groups in total. The minimum atomic E-state index is -4.82. The van der Waals surface area contributed by atoms with Crippen molar-refractivity contribution in [3.05, 3.63) is 130 Å². The molecule has 0 radical (unpaired) electrons. The Morgan fingerprint density at radius 2 is 1.46 bits per heavy atom. The fourth-order valence-corrected chi connectivity index (χ4v) is 6.70. The lowest BCUT2D eigenvalue weighted by atomic mass is 10.0. The monoisotopic (exact) mass is 699 g/mol. The number of hydrogen-bond acceptors (Lipinski definition) is 4. The summed E-state index contributed by atoms with van der Waals surface area (Å²) < 4.78 is 70.3. The maximum absolute atomic E-state index is 14.5. The van der Waals surface area contributed by atoms with Gasteiger partial charge in [-0.3, -0.25) is 13.9 Å². The zero-order valence-electron chi connectivity index (χ0n) is 26.7. The van der Waals surface area contributed by atoms with E-state index < -0.39 is 51.9 Å². The van der Waals surface area contributed by atoms with Gasteiger partial charge in [0.1, 0.15) is 12.6 Å². The summed E-state index contributed by atoms with van der Waals surface area (Å²) in [7, 11) is -4.64. The molecule has 0 fully saturated rings. The van der Waals surface area contributed by atoms with Gasteiger partial charge in [0.25, 0.3) is 10.0 Å². The van der Waals surface area contributed by atoms with Crippen LogP contribution in [0.4, 0.5) is 18.9 Å². The smallest absolute Gasteiger partial charge is 0.354 e. The lowest BCUT2D eigenvalue weighted by Gasteiger charge is -2.34. The Labute approximate surface area is 284 Å². The minimum Gasteiger partial charge on any atom is -0.354 e. The Bertz CT molecular complexity index is 1800. The van der Waals surface area contributed by atoms with Crippen molar-refractivity contribution < 1.29 is 31.2 Å². The van der Waals surface area contributed by atoms with Crippen LogP contribution in [0.25, 0.3) is 0 Å². The summed E-state index contributed by atoms with van der Waals surface area (Å²) in [5, 5.41) is 2.59. The number of hydrogen-bond donors (Lipinski definition) is 1. The molecule has 4 aromatic carbocycles. The highest BCUT2D eigenvalue weighted by Crippen LogP contribution is 2.37. The summed E-state index contributed by atoms with van der Waals surface area (Å²) in [5.41, 5.74) is 0.709. The average Bonchev–Trinajstić information content (AvgIpc) is 3.05. The minimum absolute atomic E-state index is 0.0821. The molecule has 4 rings (SSSR count). The van der Waals surface area contributed by atoms with Gasteiger partial charge in [0.15, 0.2) is 0 Å². The van der Waals surface area contributed by atoms with Crippen molar-refractivity contribution >= 4 is 39.1 Å². The molecule has 0 heterocycles. The van der Waals surface area contributed by atoms with Crippen LogP contribution >= 0.6 is 11.6 Å². The molecule has 254 valence electrons. The highest BCUT2D eigenvalue weighted by molar-refractivity contribution is 7.92. The van der Waals surface area contributed by atoms with E-state index in [2.05, 4.69) is 5.32 Å². The second-order valence-electron chi connectivity index (χ2n) is 11.8. The Morgan fingerprint density at radius 1 is 0.854 bits per heavy atom. The van der Waals surface area contributed by atoms with Crippen molar-refractivity contribution in [2.45, 2.75) is 50.9 Å². The van der Waals surface area contributed by atoms with Crippen molar-refractivity contribution in [3.8, 4) is 0 Å². The summed E-state index contributed by atoms with van der Waals surface area (Å²) in [4.78, 5) is 29.4. The van der Waals surface area contributed by atoms with Gasteiger partial charge in [-0.25, -0.2) is 8.42 Å². The first-order valence-electron chi connectivity index (χ1n) is 15.3. The number of amides is 2. The van der Waals surface area contributed by atoms with Gasteiger partial charge in [-0.05, 0) is 54.3 Å². The zero-order chi connectivity index (χ0) is 35.1. The highest BCUT2D eigenvalue weighted by Gasteiger charge is 2.37. The van der Waals surface area contributed by atoms with E-state index in [0.717, 1.165) is 23.3 Å². The number of benzene rings is 4. The van der Waals surface area contributed by atoms with E-state index in [4.69, 9.17) is 11.6 Å². The van der Waals surface area contributed by atoms with Crippen molar-refractivity contribution in [1.82, 2.24) is 10.2 Å². The predicted molar refractivity (Wildman–Crippen MR) is 181 cm³/mol. The average molecular weight is 700 g/mol. The third kappa shape index (κ3) is 9.38. The molecule has 0 spiro atoms. The number of aryl methyl sites for hydroxylation is 1. The van der Waals surface area contributed by atoms with Crippen LogP contribution in [0.1, 0.15) is 36.1 Å². The van der Waals surface area contributed by atoms with E-state index >= 15 is 0 Å². The molecule has 1 atom stereocenters. The van der Waals surface area contributed by atoms with Crippen LogP contribution in [-0.2, 0) is 38.8 Å².